The predicted octanol–water partition coefficient (Wildman–Crippen LogP) is 4.32. The average molecular weight is 375 g/mol. The fourth-order valence-electron chi connectivity index (χ4n) is 2.30. The molecule has 1 saturated heterocycles. The van der Waals surface area contributed by atoms with Crippen molar-refractivity contribution in [1.29, 1.82) is 0 Å². The van der Waals surface area contributed by atoms with Crippen LogP contribution in [0.25, 0.3) is 0 Å². The van der Waals surface area contributed by atoms with E-state index in [1.165, 1.54) is 6.07 Å². The van der Waals surface area contributed by atoms with Crippen LogP contribution in [0, 0.1) is 5.92 Å². The first-order valence-corrected chi connectivity index (χ1v) is 6.89. The number of halogens is 5. The zero-order valence-corrected chi connectivity index (χ0v) is 13.0. The van der Waals surface area contributed by atoms with E-state index < -0.39 is 17.8 Å². The number of alkyl halides is 3. The van der Waals surface area contributed by atoms with Crippen molar-refractivity contribution in [2.45, 2.75) is 25.1 Å². The van der Waals surface area contributed by atoms with Gasteiger partial charge in [0.2, 0.25) is 0 Å². The number of nitrogens with two attached hydrogens (primary N) is 1. The van der Waals surface area contributed by atoms with Crippen molar-refractivity contribution in [3.63, 3.8) is 0 Å². The zero-order valence-electron chi connectivity index (χ0n) is 10.6. The number of benzene rings is 1. The molecule has 0 saturated carbocycles. The van der Waals surface area contributed by atoms with Gasteiger partial charge in [-0.05, 0) is 42.5 Å². The summed E-state index contributed by atoms with van der Waals surface area (Å²) in [6, 6.07) is 3.21. The molecule has 0 spiro atoms. The van der Waals surface area contributed by atoms with Gasteiger partial charge in [-0.3, -0.25) is 0 Å². The molecule has 0 aromatic heterocycles. The van der Waals surface area contributed by atoms with Crippen LogP contribution in [-0.2, 0) is 10.9 Å². The Morgan fingerprint density at radius 2 is 1.85 bits per heavy atom. The Bertz CT molecular complexity index is 450. The van der Waals surface area contributed by atoms with Crippen LogP contribution < -0.4 is 5.73 Å². The third kappa shape index (κ3) is 4.10. The van der Waals surface area contributed by atoms with Crippen LogP contribution in [0.2, 0.25) is 0 Å². The molecule has 20 heavy (non-hydrogen) atoms. The molecule has 0 unspecified atom stereocenters. The summed E-state index contributed by atoms with van der Waals surface area (Å²) in [7, 11) is 0. The van der Waals surface area contributed by atoms with Crippen LogP contribution >= 0.6 is 28.3 Å². The summed E-state index contributed by atoms with van der Waals surface area (Å²) in [5.41, 5.74) is 5.99. The summed E-state index contributed by atoms with van der Waals surface area (Å²) in [6.07, 6.45) is -2.78. The molecule has 0 bridgehead atoms. The fraction of sp³-hybridized carbons (Fsp3) is 0.538. The molecule has 1 heterocycles. The summed E-state index contributed by atoms with van der Waals surface area (Å²) in [4.78, 5) is 0. The van der Waals surface area contributed by atoms with E-state index in [9.17, 15) is 13.2 Å². The van der Waals surface area contributed by atoms with E-state index in [0.29, 0.717) is 23.2 Å². The van der Waals surface area contributed by atoms with Crippen molar-refractivity contribution >= 4 is 28.3 Å². The minimum absolute atomic E-state index is 0. The highest BCUT2D eigenvalue weighted by Crippen LogP contribution is 2.37. The van der Waals surface area contributed by atoms with E-state index >= 15 is 0 Å². The molecule has 2 N–H and O–H groups in total. The Kier molecular flexibility index (Phi) is 6.31. The SMILES string of the molecule is Cl.N[C@@H](c1cc(C(F)(F)F)ccc1Br)C1CCOCC1. The highest BCUT2D eigenvalue weighted by atomic mass is 79.9. The molecule has 0 radical (unpaired) electrons. The van der Waals surface area contributed by atoms with Gasteiger partial charge in [0.25, 0.3) is 0 Å². The second kappa shape index (κ2) is 7.11. The normalized spacial score (nSPS) is 18.4. The van der Waals surface area contributed by atoms with Crippen molar-refractivity contribution in [3.8, 4) is 0 Å². The molecule has 2 rings (SSSR count). The van der Waals surface area contributed by atoms with E-state index in [2.05, 4.69) is 15.9 Å². The molecule has 0 amide bonds. The van der Waals surface area contributed by atoms with Crippen molar-refractivity contribution < 1.29 is 17.9 Å². The molecule has 0 aliphatic carbocycles. The maximum Gasteiger partial charge on any atom is 0.416 e. The average Bonchev–Trinajstić information content (AvgIpc) is 2.38. The van der Waals surface area contributed by atoms with Gasteiger partial charge in [0.1, 0.15) is 0 Å². The van der Waals surface area contributed by atoms with Gasteiger partial charge < -0.3 is 10.5 Å². The summed E-state index contributed by atoms with van der Waals surface area (Å²) in [5.74, 6) is 0.161. The van der Waals surface area contributed by atoms with E-state index in [-0.39, 0.29) is 18.3 Å². The van der Waals surface area contributed by atoms with Crippen molar-refractivity contribution in [2.24, 2.45) is 11.7 Å². The largest absolute Gasteiger partial charge is 0.416 e. The number of ether oxygens (including phenoxy) is 1. The van der Waals surface area contributed by atoms with Gasteiger partial charge in [0.05, 0.1) is 5.56 Å². The minimum Gasteiger partial charge on any atom is -0.381 e. The molecule has 1 aromatic carbocycles. The van der Waals surface area contributed by atoms with Gasteiger partial charge in [0, 0.05) is 23.7 Å². The molecular formula is C13H16BrClF3NO. The quantitative estimate of drug-likeness (QED) is 0.837. The van der Waals surface area contributed by atoms with Crippen LogP contribution in [0.5, 0.6) is 0 Å². The monoisotopic (exact) mass is 373 g/mol. The maximum absolute atomic E-state index is 12.7. The number of hydrogen-bond acceptors (Lipinski definition) is 2. The predicted molar refractivity (Wildman–Crippen MR) is 76.9 cm³/mol. The van der Waals surface area contributed by atoms with Gasteiger partial charge in [-0.1, -0.05) is 15.9 Å². The molecule has 1 fully saturated rings. The van der Waals surface area contributed by atoms with Gasteiger partial charge >= 0.3 is 6.18 Å². The molecule has 1 aliphatic rings. The summed E-state index contributed by atoms with van der Waals surface area (Å²) < 4.78 is 44.1. The fourth-order valence-corrected chi connectivity index (χ4v) is 2.82. The van der Waals surface area contributed by atoms with Gasteiger partial charge in [-0.25, -0.2) is 0 Å². The molecular weight excluding hydrogens is 359 g/mol. The van der Waals surface area contributed by atoms with E-state index in [1.54, 1.807) is 0 Å². The van der Waals surface area contributed by atoms with Crippen molar-refractivity contribution in [1.82, 2.24) is 0 Å². The summed E-state index contributed by atoms with van der Waals surface area (Å²) in [5, 5.41) is 0. The number of rotatable bonds is 2. The first kappa shape index (κ1) is 17.8. The third-order valence-electron chi connectivity index (χ3n) is 3.46. The lowest BCUT2D eigenvalue weighted by molar-refractivity contribution is -0.137. The Labute approximate surface area is 130 Å². The summed E-state index contributed by atoms with van der Waals surface area (Å²) >= 11 is 3.29. The molecule has 2 nitrogen and oxygen atoms in total. The lowest BCUT2D eigenvalue weighted by atomic mass is 9.87. The van der Waals surface area contributed by atoms with Crippen LogP contribution in [-0.4, -0.2) is 13.2 Å². The third-order valence-corrected chi connectivity index (χ3v) is 4.18. The van der Waals surface area contributed by atoms with Crippen LogP contribution in [0.3, 0.4) is 0 Å². The van der Waals surface area contributed by atoms with E-state index in [4.69, 9.17) is 10.5 Å². The molecule has 1 aromatic rings. The van der Waals surface area contributed by atoms with Gasteiger partial charge in [0.15, 0.2) is 0 Å². The van der Waals surface area contributed by atoms with E-state index in [0.717, 1.165) is 25.0 Å². The van der Waals surface area contributed by atoms with Gasteiger partial charge in [-0.2, -0.15) is 13.2 Å². The lowest BCUT2D eigenvalue weighted by Gasteiger charge is -2.28. The Morgan fingerprint density at radius 1 is 1.25 bits per heavy atom. The summed E-state index contributed by atoms with van der Waals surface area (Å²) in [6.45, 7) is 1.24. The standard InChI is InChI=1S/C13H15BrF3NO.ClH/c14-11-2-1-9(13(15,16)17)7-10(11)12(18)8-3-5-19-6-4-8;/h1-2,7-8,12H,3-6,18H2;1H/t12-;/m1./s1. The Balaban J connectivity index is 0.00000200. The maximum atomic E-state index is 12.7. The second-order valence-electron chi connectivity index (χ2n) is 4.71. The van der Waals surface area contributed by atoms with Gasteiger partial charge in [-0.15, -0.1) is 12.4 Å². The minimum atomic E-state index is -4.34. The topological polar surface area (TPSA) is 35.2 Å². The Morgan fingerprint density at radius 3 is 2.40 bits per heavy atom. The highest BCUT2D eigenvalue weighted by molar-refractivity contribution is 9.10. The first-order valence-electron chi connectivity index (χ1n) is 6.09. The zero-order chi connectivity index (χ0) is 14.0. The molecule has 114 valence electrons. The van der Waals surface area contributed by atoms with Crippen LogP contribution in [0.4, 0.5) is 13.2 Å². The lowest BCUT2D eigenvalue weighted by Crippen LogP contribution is -2.28. The molecule has 7 heteroatoms. The molecule has 1 atom stereocenters. The Hall–Kier alpha value is -0.300. The van der Waals surface area contributed by atoms with Crippen molar-refractivity contribution in [3.05, 3.63) is 33.8 Å². The smallest absolute Gasteiger partial charge is 0.381 e. The van der Waals surface area contributed by atoms with Crippen LogP contribution in [0.15, 0.2) is 22.7 Å². The number of hydrogen-bond donors (Lipinski definition) is 1. The highest BCUT2D eigenvalue weighted by Gasteiger charge is 2.32. The second-order valence-corrected chi connectivity index (χ2v) is 5.56. The van der Waals surface area contributed by atoms with E-state index in [1.807, 2.05) is 0 Å². The molecule has 1 aliphatic heterocycles. The van der Waals surface area contributed by atoms with Crippen molar-refractivity contribution in [2.75, 3.05) is 13.2 Å². The first-order chi connectivity index (χ1) is 8.89. The van der Waals surface area contributed by atoms with Crippen LogP contribution in [0.1, 0.15) is 30.0 Å².